The van der Waals surface area contributed by atoms with E-state index in [1.165, 1.54) is 6.07 Å². The topological polar surface area (TPSA) is 21.3 Å². The summed E-state index contributed by atoms with van der Waals surface area (Å²) in [5.74, 6) is 0.304. The zero-order valence-electron chi connectivity index (χ0n) is 9.92. The van der Waals surface area contributed by atoms with Gasteiger partial charge in [-0.3, -0.25) is 0 Å². The largest absolute Gasteiger partial charge is 0.381 e. The van der Waals surface area contributed by atoms with E-state index < -0.39 is 0 Å². The van der Waals surface area contributed by atoms with E-state index in [4.69, 9.17) is 4.74 Å². The van der Waals surface area contributed by atoms with Gasteiger partial charge in [-0.2, -0.15) is 0 Å². The molecule has 0 amide bonds. The van der Waals surface area contributed by atoms with Crippen LogP contribution in [0.25, 0.3) is 0 Å². The third kappa shape index (κ3) is 1.98. The van der Waals surface area contributed by atoms with E-state index in [0.29, 0.717) is 5.92 Å². The summed E-state index contributed by atoms with van der Waals surface area (Å²) in [6, 6.07) is 7.07. The first-order valence-electron chi connectivity index (χ1n) is 6.34. The molecule has 17 heavy (non-hydrogen) atoms. The van der Waals surface area contributed by atoms with Gasteiger partial charge in [0, 0.05) is 32.2 Å². The van der Waals surface area contributed by atoms with Gasteiger partial charge in [0.1, 0.15) is 5.82 Å². The van der Waals surface area contributed by atoms with Crippen LogP contribution in [0.15, 0.2) is 24.3 Å². The third-order valence-electron chi connectivity index (χ3n) is 4.30. The molecule has 1 aromatic carbocycles. The molecule has 0 radical (unpaired) electrons. The van der Waals surface area contributed by atoms with Crippen LogP contribution >= 0.6 is 0 Å². The molecular formula is C14H18FNO. The molecule has 2 saturated heterocycles. The highest BCUT2D eigenvalue weighted by Gasteiger charge is 2.44. The van der Waals surface area contributed by atoms with E-state index in [0.717, 1.165) is 44.7 Å². The van der Waals surface area contributed by atoms with Gasteiger partial charge < -0.3 is 10.1 Å². The Balaban J connectivity index is 1.91. The van der Waals surface area contributed by atoms with E-state index in [2.05, 4.69) is 11.4 Å². The minimum absolute atomic E-state index is 0.128. The van der Waals surface area contributed by atoms with E-state index >= 15 is 0 Å². The smallest absolute Gasteiger partial charge is 0.123 e. The standard InChI is InChI=1S/C14H18FNO/c15-12-3-1-2-11(8-12)13-9-16-10-14(13)4-6-17-7-5-14/h1-3,8,13,16H,4-7,9-10H2. The highest BCUT2D eigenvalue weighted by Crippen LogP contribution is 2.46. The van der Waals surface area contributed by atoms with Gasteiger partial charge in [-0.25, -0.2) is 4.39 Å². The van der Waals surface area contributed by atoms with Crippen LogP contribution in [0.3, 0.4) is 0 Å². The molecule has 3 rings (SSSR count). The van der Waals surface area contributed by atoms with Gasteiger partial charge >= 0.3 is 0 Å². The average molecular weight is 235 g/mol. The van der Waals surface area contributed by atoms with Gasteiger partial charge in [-0.15, -0.1) is 0 Å². The lowest BCUT2D eigenvalue weighted by molar-refractivity contribution is 0.0164. The molecule has 2 fully saturated rings. The van der Waals surface area contributed by atoms with Gasteiger partial charge in [0.2, 0.25) is 0 Å². The maximum Gasteiger partial charge on any atom is 0.123 e. The summed E-state index contributed by atoms with van der Waals surface area (Å²) in [6.07, 6.45) is 2.17. The third-order valence-corrected chi connectivity index (χ3v) is 4.30. The van der Waals surface area contributed by atoms with Crippen molar-refractivity contribution < 1.29 is 9.13 Å². The Kier molecular flexibility index (Phi) is 2.89. The van der Waals surface area contributed by atoms with Crippen molar-refractivity contribution in [1.29, 1.82) is 0 Å². The van der Waals surface area contributed by atoms with Crippen LogP contribution in [-0.4, -0.2) is 26.3 Å². The Morgan fingerprint density at radius 3 is 2.88 bits per heavy atom. The first kappa shape index (κ1) is 11.2. The van der Waals surface area contributed by atoms with Crippen LogP contribution in [0.1, 0.15) is 24.3 Å². The summed E-state index contributed by atoms with van der Waals surface area (Å²) in [5.41, 5.74) is 1.42. The Morgan fingerprint density at radius 1 is 1.29 bits per heavy atom. The molecule has 0 saturated carbocycles. The predicted molar refractivity (Wildman–Crippen MR) is 64.5 cm³/mol. The number of rotatable bonds is 1. The molecule has 1 unspecified atom stereocenters. The van der Waals surface area contributed by atoms with Crippen molar-refractivity contribution in [3.8, 4) is 0 Å². The Morgan fingerprint density at radius 2 is 2.12 bits per heavy atom. The van der Waals surface area contributed by atoms with Gasteiger partial charge in [0.05, 0.1) is 0 Å². The summed E-state index contributed by atoms with van der Waals surface area (Å²) in [5, 5.41) is 3.47. The van der Waals surface area contributed by atoms with Crippen LogP contribution in [0.2, 0.25) is 0 Å². The highest BCUT2D eigenvalue weighted by molar-refractivity contribution is 5.26. The minimum Gasteiger partial charge on any atom is -0.381 e. The second kappa shape index (κ2) is 4.39. The molecule has 0 aromatic heterocycles. The lowest BCUT2D eigenvalue weighted by Gasteiger charge is -2.38. The van der Waals surface area contributed by atoms with Crippen molar-refractivity contribution >= 4 is 0 Å². The van der Waals surface area contributed by atoms with E-state index in [-0.39, 0.29) is 11.2 Å². The SMILES string of the molecule is Fc1cccc(C2CNCC23CCOCC3)c1. The fraction of sp³-hybridized carbons (Fsp3) is 0.571. The number of halogens is 1. The summed E-state index contributed by atoms with van der Waals surface area (Å²) in [6.45, 7) is 3.68. The Hall–Kier alpha value is -0.930. The van der Waals surface area contributed by atoms with Crippen molar-refractivity contribution in [2.24, 2.45) is 5.41 Å². The van der Waals surface area contributed by atoms with Gasteiger partial charge in [0.25, 0.3) is 0 Å². The molecule has 2 aliphatic rings. The normalized spacial score (nSPS) is 27.5. The molecule has 3 heteroatoms. The molecule has 92 valence electrons. The van der Waals surface area contributed by atoms with Crippen molar-refractivity contribution in [2.45, 2.75) is 18.8 Å². The van der Waals surface area contributed by atoms with Gasteiger partial charge in [0.15, 0.2) is 0 Å². The maximum absolute atomic E-state index is 13.3. The first-order chi connectivity index (χ1) is 8.30. The fourth-order valence-corrected chi connectivity index (χ4v) is 3.30. The molecule has 2 nitrogen and oxygen atoms in total. The highest BCUT2D eigenvalue weighted by atomic mass is 19.1. The molecule has 0 bridgehead atoms. The Bertz CT molecular complexity index is 401. The quantitative estimate of drug-likeness (QED) is 0.806. The average Bonchev–Trinajstić information content (AvgIpc) is 2.73. The molecule has 1 spiro atoms. The number of benzene rings is 1. The van der Waals surface area contributed by atoms with Crippen molar-refractivity contribution in [1.82, 2.24) is 5.32 Å². The minimum atomic E-state index is -0.128. The van der Waals surface area contributed by atoms with Crippen LogP contribution in [0.5, 0.6) is 0 Å². The lowest BCUT2D eigenvalue weighted by atomic mass is 9.69. The van der Waals surface area contributed by atoms with Crippen molar-refractivity contribution in [3.63, 3.8) is 0 Å². The number of ether oxygens (including phenoxy) is 1. The molecule has 1 atom stereocenters. The molecular weight excluding hydrogens is 217 g/mol. The zero-order chi connectivity index (χ0) is 11.7. The number of hydrogen-bond acceptors (Lipinski definition) is 2. The second-order valence-corrected chi connectivity index (χ2v) is 5.21. The van der Waals surface area contributed by atoms with Crippen molar-refractivity contribution in [3.05, 3.63) is 35.6 Å². The Labute approximate surface area is 101 Å². The zero-order valence-corrected chi connectivity index (χ0v) is 9.92. The maximum atomic E-state index is 13.3. The summed E-state index contributed by atoms with van der Waals surface area (Å²) in [7, 11) is 0. The van der Waals surface area contributed by atoms with Gasteiger partial charge in [-0.05, 0) is 36.0 Å². The fourth-order valence-electron chi connectivity index (χ4n) is 3.30. The van der Waals surface area contributed by atoms with Gasteiger partial charge in [-0.1, -0.05) is 12.1 Å². The van der Waals surface area contributed by atoms with Crippen molar-refractivity contribution in [2.75, 3.05) is 26.3 Å². The molecule has 2 aliphatic heterocycles. The molecule has 2 heterocycles. The van der Waals surface area contributed by atoms with E-state index in [1.807, 2.05) is 6.07 Å². The molecule has 1 aromatic rings. The number of nitrogens with one attached hydrogen (secondary N) is 1. The van der Waals surface area contributed by atoms with Crippen LogP contribution < -0.4 is 5.32 Å². The summed E-state index contributed by atoms with van der Waals surface area (Å²) >= 11 is 0. The predicted octanol–water partition coefficient (Wildman–Crippen LogP) is 2.31. The van der Waals surface area contributed by atoms with E-state index in [9.17, 15) is 4.39 Å². The number of hydrogen-bond donors (Lipinski definition) is 1. The first-order valence-corrected chi connectivity index (χ1v) is 6.34. The monoisotopic (exact) mass is 235 g/mol. The lowest BCUT2D eigenvalue weighted by Crippen LogP contribution is -2.35. The molecule has 0 aliphatic carbocycles. The van der Waals surface area contributed by atoms with Crippen LogP contribution in [0, 0.1) is 11.2 Å². The second-order valence-electron chi connectivity index (χ2n) is 5.21. The molecule has 1 N–H and O–H groups in total. The summed E-state index contributed by atoms with van der Waals surface area (Å²) < 4.78 is 18.8. The van der Waals surface area contributed by atoms with Crippen LogP contribution in [-0.2, 0) is 4.74 Å². The van der Waals surface area contributed by atoms with Crippen LogP contribution in [0.4, 0.5) is 4.39 Å². The summed E-state index contributed by atoms with van der Waals surface area (Å²) in [4.78, 5) is 0. The van der Waals surface area contributed by atoms with E-state index in [1.54, 1.807) is 6.07 Å².